The normalized spacial score (nSPS) is 29.8. The van der Waals surface area contributed by atoms with Crippen molar-refractivity contribution in [2.75, 3.05) is 0 Å². The number of fused-ring (bicyclic) bond motifs is 4. The Bertz CT molecular complexity index is 884. The number of nitrogens with zero attached hydrogens (tertiary/aromatic N) is 1. The summed E-state index contributed by atoms with van der Waals surface area (Å²) in [5, 5.41) is 0. The monoisotopic (exact) mass is 317 g/mol. The molecule has 0 unspecified atom stereocenters. The molecular weight excluding hydrogens is 302 g/mol. The first-order chi connectivity index (χ1) is 11.7. The number of benzene rings is 2. The van der Waals surface area contributed by atoms with Crippen LogP contribution in [0.3, 0.4) is 0 Å². The number of aldehydes is 1. The number of rotatable bonds is 2. The van der Waals surface area contributed by atoms with Crippen molar-refractivity contribution in [2.24, 2.45) is 5.92 Å². The summed E-state index contributed by atoms with van der Waals surface area (Å²) < 4.78 is 0. The Morgan fingerprint density at radius 1 is 0.958 bits per heavy atom. The molecule has 0 radical (unpaired) electrons. The lowest BCUT2D eigenvalue weighted by atomic mass is 9.92. The quantitative estimate of drug-likeness (QED) is 0.632. The summed E-state index contributed by atoms with van der Waals surface area (Å²) >= 11 is 0. The molecule has 5 rings (SSSR count). The van der Waals surface area contributed by atoms with Crippen molar-refractivity contribution >= 4 is 18.1 Å². The SMILES string of the molecule is O=C[C@@]1(N2C(=O)c3ccccc3C2=O)[C@@H]2c3ccccc3CC[C@@H]21. The molecule has 0 N–H and O–H groups in total. The van der Waals surface area contributed by atoms with Gasteiger partial charge in [0.05, 0.1) is 11.1 Å². The molecule has 0 saturated heterocycles. The molecule has 2 aliphatic carbocycles. The second-order valence-electron chi connectivity index (χ2n) is 6.82. The van der Waals surface area contributed by atoms with E-state index in [1.807, 2.05) is 18.2 Å². The lowest BCUT2D eigenvalue weighted by molar-refractivity contribution is -0.112. The lowest BCUT2D eigenvalue weighted by Crippen LogP contribution is -2.45. The minimum atomic E-state index is -1.01. The Kier molecular flexibility index (Phi) is 2.51. The summed E-state index contributed by atoms with van der Waals surface area (Å²) in [7, 11) is 0. The molecule has 4 heteroatoms. The molecular formula is C20H15NO3. The van der Waals surface area contributed by atoms with Gasteiger partial charge in [-0.1, -0.05) is 36.4 Å². The van der Waals surface area contributed by atoms with Crippen LogP contribution in [0, 0.1) is 5.92 Å². The summed E-state index contributed by atoms with van der Waals surface area (Å²) in [6, 6.07) is 14.9. The minimum Gasteiger partial charge on any atom is -0.301 e. The largest absolute Gasteiger partial charge is 0.301 e. The van der Waals surface area contributed by atoms with Crippen LogP contribution in [0.4, 0.5) is 0 Å². The third-order valence-electron chi connectivity index (χ3n) is 5.87. The van der Waals surface area contributed by atoms with E-state index in [2.05, 4.69) is 6.07 Å². The molecule has 1 fully saturated rings. The number of hydrogen-bond acceptors (Lipinski definition) is 3. The van der Waals surface area contributed by atoms with Gasteiger partial charge in [0.1, 0.15) is 11.8 Å². The van der Waals surface area contributed by atoms with Gasteiger partial charge in [0, 0.05) is 11.8 Å². The Balaban J connectivity index is 1.64. The number of imide groups is 1. The van der Waals surface area contributed by atoms with Gasteiger partial charge in [-0.3, -0.25) is 14.5 Å². The van der Waals surface area contributed by atoms with Crippen LogP contribution in [0.2, 0.25) is 0 Å². The van der Waals surface area contributed by atoms with Gasteiger partial charge in [-0.25, -0.2) is 0 Å². The van der Waals surface area contributed by atoms with Crippen LogP contribution in [-0.4, -0.2) is 28.5 Å². The molecule has 2 amide bonds. The van der Waals surface area contributed by atoms with Gasteiger partial charge in [0.15, 0.2) is 0 Å². The van der Waals surface area contributed by atoms with E-state index in [4.69, 9.17) is 0 Å². The van der Waals surface area contributed by atoms with E-state index < -0.39 is 5.54 Å². The van der Waals surface area contributed by atoms with E-state index in [1.165, 1.54) is 10.5 Å². The van der Waals surface area contributed by atoms with Crippen LogP contribution in [0.25, 0.3) is 0 Å². The van der Waals surface area contributed by atoms with Crippen molar-refractivity contribution in [1.82, 2.24) is 4.90 Å². The molecule has 4 nitrogen and oxygen atoms in total. The van der Waals surface area contributed by atoms with E-state index in [9.17, 15) is 14.4 Å². The van der Waals surface area contributed by atoms with Crippen molar-refractivity contribution in [3.8, 4) is 0 Å². The molecule has 0 aromatic heterocycles. The first-order valence-electron chi connectivity index (χ1n) is 8.22. The van der Waals surface area contributed by atoms with Gasteiger partial charge in [-0.2, -0.15) is 0 Å². The van der Waals surface area contributed by atoms with E-state index >= 15 is 0 Å². The number of amides is 2. The van der Waals surface area contributed by atoms with E-state index in [-0.39, 0.29) is 23.7 Å². The molecule has 0 bridgehead atoms. The highest BCUT2D eigenvalue weighted by atomic mass is 16.2. The average Bonchev–Trinajstić information content (AvgIpc) is 3.23. The Labute approximate surface area is 139 Å². The Hall–Kier alpha value is -2.75. The van der Waals surface area contributed by atoms with Crippen LogP contribution in [0.1, 0.15) is 44.2 Å². The van der Waals surface area contributed by atoms with Gasteiger partial charge in [0.25, 0.3) is 11.8 Å². The molecule has 118 valence electrons. The Morgan fingerprint density at radius 2 is 1.58 bits per heavy atom. The number of hydrogen-bond donors (Lipinski definition) is 0. The van der Waals surface area contributed by atoms with Gasteiger partial charge in [-0.15, -0.1) is 0 Å². The fourth-order valence-corrected chi connectivity index (χ4v) is 4.77. The van der Waals surface area contributed by atoms with Crippen LogP contribution < -0.4 is 0 Å². The summed E-state index contributed by atoms with van der Waals surface area (Å²) in [4.78, 5) is 39.1. The van der Waals surface area contributed by atoms with E-state index in [0.717, 1.165) is 24.7 Å². The van der Waals surface area contributed by atoms with Crippen molar-refractivity contribution in [2.45, 2.75) is 24.3 Å². The second kappa shape index (κ2) is 4.41. The first-order valence-corrected chi connectivity index (χ1v) is 8.22. The fourth-order valence-electron chi connectivity index (χ4n) is 4.77. The topological polar surface area (TPSA) is 54.5 Å². The van der Waals surface area contributed by atoms with Crippen LogP contribution in [0.15, 0.2) is 48.5 Å². The van der Waals surface area contributed by atoms with Crippen molar-refractivity contribution in [3.63, 3.8) is 0 Å². The molecule has 3 atom stereocenters. The van der Waals surface area contributed by atoms with Crippen LogP contribution in [-0.2, 0) is 11.2 Å². The van der Waals surface area contributed by atoms with Crippen molar-refractivity contribution < 1.29 is 14.4 Å². The maximum atomic E-state index is 12.9. The van der Waals surface area contributed by atoms with Crippen molar-refractivity contribution in [3.05, 3.63) is 70.8 Å². The summed E-state index contributed by atoms with van der Waals surface area (Å²) in [6.07, 6.45) is 2.55. The third-order valence-corrected chi connectivity index (χ3v) is 5.87. The fraction of sp³-hybridized carbons (Fsp3) is 0.250. The van der Waals surface area contributed by atoms with Crippen molar-refractivity contribution in [1.29, 1.82) is 0 Å². The predicted molar refractivity (Wildman–Crippen MR) is 86.7 cm³/mol. The molecule has 2 aromatic rings. The molecule has 1 saturated carbocycles. The van der Waals surface area contributed by atoms with Gasteiger partial charge >= 0.3 is 0 Å². The predicted octanol–water partition coefficient (Wildman–Crippen LogP) is 2.58. The molecule has 2 aromatic carbocycles. The Morgan fingerprint density at radius 3 is 2.25 bits per heavy atom. The highest BCUT2D eigenvalue weighted by molar-refractivity contribution is 6.23. The zero-order valence-corrected chi connectivity index (χ0v) is 12.9. The summed E-state index contributed by atoms with van der Waals surface area (Å²) in [5.41, 5.74) is 2.12. The highest BCUT2D eigenvalue weighted by Crippen LogP contribution is 2.65. The maximum Gasteiger partial charge on any atom is 0.262 e. The van der Waals surface area contributed by atoms with E-state index in [1.54, 1.807) is 24.3 Å². The number of carbonyl (C=O) groups excluding carboxylic acids is 3. The zero-order valence-electron chi connectivity index (χ0n) is 12.9. The first kappa shape index (κ1) is 13.7. The summed E-state index contributed by atoms with van der Waals surface area (Å²) in [6.45, 7) is 0. The number of carbonyl (C=O) groups is 3. The third kappa shape index (κ3) is 1.42. The van der Waals surface area contributed by atoms with Gasteiger partial charge in [-0.05, 0) is 36.1 Å². The molecule has 1 aliphatic heterocycles. The molecule has 0 spiro atoms. The zero-order chi connectivity index (χ0) is 16.5. The highest BCUT2D eigenvalue weighted by Gasteiger charge is 2.73. The van der Waals surface area contributed by atoms with Gasteiger partial charge < -0.3 is 4.79 Å². The number of aryl methyl sites for hydroxylation is 1. The smallest absolute Gasteiger partial charge is 0.262 e. The lowest BCUT2D eigenvalue weighted by Gasteiger charge is -2.23. The molecule has 3 aliphatic rings. The van der Waals surface area contributed by atoms with Gasteiger partial charge in [0.2, 0.25) is 0 Å². The average molecular weight is 317 g/mol. The maximum absolute atomic E-state index is 12.9. The summed E-state index contributed by atoms with van der Waals surface area (Å²) in [5.74, 6) is -0.710. The standard InChI is InChI=1S/C20H15NO3/c22-11-20(16-10-9-12-5-1-2-6-13(12)17(16)20)21-18(23)14-7-3-4-8-15(14)19(21)24/h1-8,11,16-17H,9-10H2/t16-,17+,20-/m0/s1. The molecule has 24 heavy (non-hydrogen) atoms. The van der Waals surface area contributed by atoms with Crippen LogP contribution >= 0.6 is 0 Å². The van der Waals surface area contributed by atoms with Crippen LogP contribution in [0.5, 0.6) is 0 Å². The molecule has 1 heterocycles. The second-order valence-corrected chi connectivity index (χ2v) is 6.82. The van der Waals surface area contributed by atoms with E-state index in [0.29, 0.717) is 11.1 Å². The minimum absolute atomic E-state index is 0.0344.